The molecular weight excluding hydrogens is 432 g/mol. The molecule has 34 heavy (non-hydrogen) atoms. The predicted octanol–water partition coefficient (Wildman–Crippen LogP) is 4.99. The Kier molecular flexibility index (Phi) is 9.67. The molecule has 3 aromatic carbocycles. The van der Waals surface area contributed by atoms with Crippen LogP contribution >= 0.6 is 0 Å². The molecule has 1 N–H and O–H groups in total. The molecule has 0 amide bonds. The average molecular weight is 463 g/mol. The smallest absolute Gasteiger partial charge is 0.333 e. The first-order valence-corrected chi connectivity index (χ1v) is 11.3. The lowest BCUT2D eigenvalue weighted by molar-refractivity contribution is -0.148. The number of rotatable bonds is 14. The number of carbonyl (C=O) groups excluding carboxylic acids is 1. The number of aliphatic carboxylic acids is 1. The van der Waals surface area contributed by atoms with E-state index in [1.807, 2.05) is 66.7 Å². The highest BCUT2D eigenvalue weighted by atomic mass is 16.5. The Morgan fingerprint density at radius 1 is 0.794 bits per heavy atom. The molecule has 178 valence electrons. The third-order valence-corrected chi connectivity index (χ3v) is 5.39. The van der Waals surface area contributed by atoms with Crippen molar-refractivity contribution in [1.82, 2.24) is 0 Å². The van der Waals surface area contributed by atoms with Crippen LogP contribution in [0.5, 0.6) is 11.5 Å². The standard InChI is InChI=1S/C28H30O6/c1-32-27(28(30)31)20-22-8-13-24(14-9-22)33-18-5-19-34-25-15-11-23(12-16-25)26(29)17-10-21-6-3-2-4-7-21/h2-4,6-9,11-16,27H,5,10,17-20H2,1H3,(H,30,31)/t27-/m0/s1. The number of carboxylic acid groups (broad SMARTS) is 1. The number of methoxy groups -OCH3 is 1. The normalized spacial score (nSPS) is 11.6. The number of Topliss-reactive ketones (excluding diaryl/α,β-unsaturated/α-hetero) is 1. The number of carboxylic acids is 1. The van der Waals surface area contributed by atoms with E-state index in [2.05, 4.69) is 0 Å². The molecule has 0 aromatic heterocycles. The Bertz CT molecular complexity index is 1030. The van der Waals surface area contributed by atoms with Crippen LogP contribution in [0.3, 0.4) is 0 Å². The molecule has 1 atom stereocenters. The minimum atomic E-state index is -0.980. The van der Waals surface area contributed by atoms with Crippen molar-refractivity contribution in [1.29, 1.82) is 0 Å². The Hall–Kier alpha value is -3.64. The number of benzene rings is 3. The second-order valence-corrected chi connectivity index (χ2v) is 7.89. The Balaban J connectivity index is 1.34. The molecule has 3 rings (SSSR count). The molecule has 0 spiro atoms. The largest absolute Gasteiger partial charge is 0.493 e. The van der Waals surface area contributed by atoms with Gasteiger partial charge in [0.1, 0.15) is 11.5 Å². The predicted molar refractivity (Wildman–Crippen MR) is 130 cm³/mol. The summed E-state index contributed by atoms with van der Waals surface area (Å²) in [6, 6.07) is 24.5. The van der Waals surface area contributed by atoms with Crippen molar-refractivity contribution in [2.24, 2.45) is 0 Å². The first-order chi connectivity index (χ1) is 16.5. The summed E-state index contributed by atoms with van der Waals surface area (Å²) in [4.78, 5) is 23.4. The van der Waals surface area contributed by atoms with Gasteiger partial charge in [-0.2, -0.15) is 0 Å². The lowest BCUT2D eigenvalue weighted by Gasteiger charge is -2.11. The van der Waals surface area contributed by atoms with Gasteiger partial charge in [0.15, 0.2) is 11.9 Å². The van der Waals surface area contributed by atoms with Gasteiger partial charge in [-0.05, 0) is 53.9 Å². The summed E-state index contributed by atoms with van der Waals surface area (Å²) < 4.78 is 16.4. The van der Waals surface area contributed by atoms with E-state index in [1.165, 1.54) is 7.11 Å². The monoisotopic (exact) mass is 462 g/mol. The van der Waals surface area contributed by atoms with Gasteiger partial charge in [0.2, 0.25) is 0 Å². The van der Waals surface area contributed by atoms with Crippen LogP contribution in [0.2, 0.25) is 0 Å². The van der Waals surface area contributed by atoms with Crippen molar-refractivity contribution >= 4 is 11.8 Å². The molecule has 0 radical (unpaired) electrons. The summed E-state index contributed by atoms with van der Waals surface area (Å²) in [7, 11) is 1.39. The zero-order valence-corrected chi connectivity index (χ0v) is 19.3. The molecule has 0 aliphatic heterocycles. The number of ether oxygens (including phenoxy) is 3. The van der Waals surface area contributed by atoms with Crippen LogP contribution in [0.15, 0.2) is 78.9 Å². The third kappa shape index (κ3) is 8.05. The molecule has 0 saturated heterocycles. The van der Waals surface area contributed by atoms with E-state index >= 15 is 0 Å². The molecule has 0 heterocycles. The summed E-state index contributed by atoms with van der Waals surface area (Å²) in [6.45, 7) is 0.985. The van der Waals surface area contributed by atoms with Crippen molar-refractivity contribution in [3.8, 4) is 11.5 Å². The molecule has 0 saturated carbocycles. The molecule has 6 nitrogen and oxygen atoms in total. The van der Waals surface area contributed by atoms with Crippen LogP contribution in [0.1, 0.15) is 34.3 Å². The lowest BCUT2D eigenvalue weighted by Crippen LogP contribution is -2.24. The number of carbonyl (C=O) groups is 2. The third-order valence-electron chi connectivity index (χ3n) is 5.39. The molecule has 0 aliphatic rings. The Morgan fingerprint density at radius 2 is 1.38 bits per heavy atom. The lowest BCUT2D eigenvalue weighted by atomic mass is 10.0. The first-order valence-electron chi connectivity index (χ1n) is 11.3. The summed E-state index contributed by atoms with van der Waals surface area (Å²) in [5, 5.41) is 9.06. The molecule has 0 aliphatic carbocycles. The number of aryl methyl sites for hydroxylation is 1. The van der Waals surface area contributed by atoms with Crippen LogP contribution < -0.4 is 9.47 Å². The summed E-state index contributed by atoms with van der Waals surface area (Å²) in [6.07, 6.45) is 1.36. The minimum Gasteiger partial charge on any atom is -0.493 e. The maximum Gasteiger partial charge on any atom is 0.333 e. The van der Waals surface area contributed by atoms with E-state index in [4.69, 9.17) is 19.3 Å². The van der Waals surface area contributed by atoms with Crippen molar-refractivity contribution in [2.75, 3.05) is 20.3 Å². The SMILES string of the molecule is CO[C@@H](Cc1ccc(OCCCOc2ccc(C(=O)CCc3ccccc3)cc2)cc1)C(=O)O. The second-order valence-electron chi connectivity index (χ2n) is 7.89. The van der Waals surface area contributed by atoms with Crippen LogP contribution in [0, 0.1) is 0 Å². The molecular formula is C28H30O6. The highest BCUT2D eigenvalue weighted by Crippen LogP contribution is 2.16. The maximum atomic E-state index is 12.4. The van der Waals surface area contributed by atoms with Crippen molar-refractivity contribution in [3.63, 3.8) is 0 Å². The fraction of sp³-hybridized carbons (Fsp3) is 0.286. The van der Waals surface area contributed by atoms with Gasteiger partial charge in [-0.3, -0.25) is 4.79 Å². The molecule has 6 heteroatoms. The van der Waals surface area contributed by atoms with Crippen LogP contribution in [0.25, 0.3) is 0 Å². The van der Waals surface area contributed by atoms with Gasteiger partial charge in [0, 0.05) is 31.9 Å². The van der Waals surface area contributed by atoms with Crippen molar-refractivity contribution in [3.05, 3.63) is 95.6 Å². The van der Waals surface area contributed by atoms with E-state index in [1.54, 1.807) is 12.1 Å². The average Bonchev–Trinajstić information content (AvgIpc) is 2.87. The van der Waals surface area contributed by atoms with Gasteiger partial charge in [0.25, 0.3) is 0 Å². The number of hydrogen-bond donors (Lipinski definition) is 1. The zero-order valence-electron chi connectivity index (χ0n) is 19.3. The molecule has 0 fully saturated rings. The van der Waals surface area contributed by atoms with Gasteiger partial charge < -0.3 is 19.3 Å². The number of hydrogen-bond acceptors (Lipinski definition) is 5. The van der Waals surface area contributed by atoms with Gasteiger partial charge in [-0.1, -0.05) is 42.5 Å². The fourth-order valence-electron chi connectivity index (χ4n) is 3.43. The second kappa shape index (κ2) is 13.2. The first kappa shape index (κ1) is 25.0. The Morgan fingerprint density at radius 3 is 1.94 bits per heavy atom. The van der Waals surface area contributed by atoms with Crippen LogP contribution in [-0.2, 0) is 22.4 Å². The molecule has 0 bridgehead atoms. The van der Waals surface area contributed by atoms with Crippen LogP contribution in [-0.4, -0.2) is 43.3 Å². The van der Waals surface area contributed by atoms with E-state index in [0.29, 0.717) is 43.8 Å². The van der Waals surface area contributed by atoms with Gasteiger partial charge >= 0.3 is 5.97 Å². The van der Waals surface area contributed by atoms with Gasteiger partial charge in [-0.15, -0.1) is 0 Å². The number of ketones is 1. The highest BCUT2D eigenvalue weighted by molar-refractivity contribution is 5.96. The van der Waals surface area contributed by atoms with E-state index in [0.717, 1.165) is 23.3 Å². The topological polar surface area (TPSA) is 82.1 Å². The van der Waals surface area contributed by atoms with Crippen molar-refractivity contribution in [2.45, 2.75) is 31.8 Å². The summed E-state index contributed by atoms with van der Waals surface area (Å²) in [5.74, 6) is 0.573. The van der Waals surface area contributed by atoms with Crippen LogP contribution in [0.4, 0.5) is 0 Å². The van der Waals surface area contributed by atoms with E-state index in [-0.39, 0.29) is 5.78 Å². The van der Waals surface area contributed by atoms with Gasteiger partial charge in [0.05, 0.1) is 13.2 Å². The fourth-order valence-corrected chi connectivity index (χ4v) is 3.43. The summed E-state index contributed by atoms with van der Waals surface area (Å²) in [5.41, 5.74) is 2.72. The zero-order chi connectivity index (χ0) is 24.2. The van der Waals surface area contributed by atoms with Gasteiger partial charge in [-0.25, -0.2) is 4.79 Å². The summed E-state index contributed by atoms with van der Waals surface area (Å²) >= 11 is 0. The Labute approximate surface area is 200 Å². The van der Waals surface area contributed by atoms with E-state index < -0.39 is 12.1 Å². The quantitative estimate of drug-likeness (QED) is 0.268. The van der Waals surface area contributed by atoms with Crippen molar-refractivity contribution < 1.29 is 28.9 Å². The van der Waals surface area contributed by atoms with E-state index in [9.17, 15) is 9.59 Å². The maximum absolute atomic E-state index is 12.4. The minimum absolute atomic E-state index is 0.121. The molecule has 0 unspecified atom stereocenters. The highest BCUT2D eigenvalue weighted by Gasteiger charge is 2.16. The molecule has 3 aromatic rings.